The van der Waals surface area contributed by atoms with Crippen molar-refractivity contribution in [2.75, 3.05) is 20.6 Å². The maximum Gasteiger partial charge on any atom is 0.327 e. The van der Waals surface area contributed by atoms with Crippen molar-refractivity contribution in [3.63, 3.8) is 0 Å². The molecule has 2 aromatic carbocycles. The average Bonchev–Trinajstić information content (AvgIpc) is 3.17. The van der Waals surface area contributed by atoms with E-state index in [1.165, 1.54) is 4.90 Å². The molecule has 2 fully saturated rings. The Balaban J connectivity index is 1.54. The molecule has 3 unspecified atom stereocenters. The first-order chi connectivity index (χ1) is 14.5. The van der Waals surface area contributed by atoms with Crippen molar-refractivity contribution in [1.82, 2.24) is 25.0 Å². The van der Waals surface area contributed by atoms with Gasteiger partial charge in [0.25, 0.3) is 5.91 Å². The zero-order valence-electron chi connectivity index (χ0n) is 17.0. The molecule has 5 rings (SSSR count). The van der Waals surface area contributed by atoms with E-state index in [0.29, 0.717) is 13.1 Å². The quantitative estimate of drug-likeness (QED) is 0.835. The van der Waals surface area contributed by atoms with Gasteiger partial charge in [-0.25, -0.2) is 9.69 Å². The van der Waals surface area contributed by atoms with Crippen LogP contribution in [0.1, 0.15) is 11.1 Å². The number of hydrazone groups is 1. The number of urea groups is 1. The fourth-order valence-corrected chi connectivity index (χ4v) is 4.45. The number of fused-ring (bicyclic) bond motifs is 3. The first-order valence-corrected chi connectivity index (χ1v) is 10.0. The Kier molecular flexibility index (Phi) is 4.52. The van der Waals surface area contributed by atoms with E-state index in [0.717, 1.165) is 16.8 Å². The summed E-state index contributed by atoms with van der Waals surface area (Å²) < 4.78 is 0. The number of amides is 3. The minimum Gasteiger partial charge on any atom is -0.310 e. The van der Waals surface area contributed by atoms with E-state index in [1.807, 2.05) is 53.5 Å². The van der Waals surface area contributed by atoms with E-state index < -0.39 is 12.2 Å². The van der Waals surface area contributed by atoms with E-state index in [1.54, 1.807) is 19.0 Å². The van der Waals surface area contributed by atoms with Crippen LogP contribution < -0.4 is 5.32 Å². The highest BCUT2D eigenvalue weighted by Gasteiger charge is 2.55. The second-order valence-electron chi connectivity index (χ2n) is 7.89. The molecule has 3 amide bonds. The van der Waals surface area contributed by atoms with Gasteiger partial charge in [-0.2, -0.15) is 5.10 Å². The van der Waals surface area contributed by atoms with Crippen molar-refractivity contribution in [2.24, 2.45) is 5.10 Å². The summed E-state index contributed by atoms with van der Waals surface area (Å²) in [7, 11) is 3.28. The molecular formula is C22H24N6O2. The molecule has 3 aliphatic heterocycles. The lowest BCUT2D eigenvalue weighted by molar-refractivity contribution is -0.137. The van der Waals surface area contributed by atoms with Crippen LogP contribution in [0.3, 0.4) is 0 Å². The molecule has 3 aliphatic rings. The Morgan fingerprint density at radius 2 is 1.67 bits per heavy atom. The number of carbonyl (C=O) groups is 2. The Morgan fingerprint density at radius 3 is 2.37 bits per heavy atom. The topological polar surface area (TPSA) is 71.5 Å². The number of hydrogen-bond acceptors (Lipinski definition) is 6. The van der Waals surface area contributed by atoms with Gasteiger partial charge in [0.1, 0.15) is 12.2 Å². The molecule has 0 spiro atoms. The van der Waals surface area contributed by atoms with Crippen molar-refractivity contribution in [3.8, 4) is 0 Å². The molecule has 0 aromatic heterocycles. The van der Waals surface area contributed by atoms with Crippen molar-refractivity contribution in [3.05, 3.63) is 71.8 Å². The summed E-state index contributed by atoms with van der Waals surface area (Å²) in [5.74, 6) is -0.188. The van der Waals surface area contributed by atoms with E-state index in [9.17, 15) is 9.59 Å². The predicted molar refractivity (Wildman–Crippen MR) is 112 cm³/mol. The summed E-state index contributed by atoms with van der Waals surface area (Å²) in [6, 6.07) is 19.4. The van der Waals surface area contributed by atoms with Gasteiger partial charge in [-0.05, 0) is 11.1 Å². The molecule has 8 nitrogen and oxygen atoms in total. The van der Waals surface area contributed by atoms with Crippen LogP contribution in [0.2, 0.25) is 0 Å². The van der Waals surface area contributed by atoms with E-state index >= 15 is 0 Å². The first-order valence-electron chi connectivity index (χ1n) is 10.0. The molecule has 3 heterocycles. The van der Waals surface area contributed by atoms with Crippen LogP contribution in [0.5, 0.6) is 0 Å². The fourth-order valence-electron chi connectivity index (χ4n) is 4.45. The summed E-state index contributed by atoms with van der Waals surface area (Å²) in [6.45, 7) is 1.11. The second-order valence-corrected chi connectivity index (χ2v) is 7.89. The van der Waals surface area contributed by atoms with Crippen LogP contribution in [-0.2, 0) is 11.3 Å². The fraction of sp³-hybridized carbons (Fsp3) is 0.318. The lowest BCUT2D eigenvalue weighted by Crippen LogP contribution is -2.65. The lowest BCUT2D eigenvalue weighted by atomic mass is 10.1. The van der Waals surface area contributed by atoms with Gasteiger partial charge in [0.2, 0.25) is 0 Å². The van der Waals surface area contributed by atoms with E-state index in [4.69, 9.17) is 5.10 Å². The highest BCUT2D eigenvalue weighted by molar-refractivity contribution is 6.04. The highest BCUT2D eigenvalue weighted by atomic mass is 16.2. The minimum atomic E-state index is -0.463. The third-order valence-corrected chi connectivity index (χ3v) is 6.04. The smallest absolute Gasteiger partial charge is 0.310 e. The van der Waals surface area contributed by atoms with Gasteiger partial charge in [-0.1, -0.05) is 60.7 Å². The maximum atomic E-state index is 13.1. The number of likely N-dealkylation sites (N-methyl/N-ethyl adjacent to an activating group) is 2. The van der Waals surface area contributed by atoms with Crippen LogP contribution in [0.25, 0.3) is 0 Å². The van der Waals surface area contributed by atoms with Crippen LogP contribution in [-0.4, -0.2) is 76.5 Å². The zero-order chi connectivity index (χ0) is 20.8. The van der Waals surface area contributed by atoms with E-state index in [-0.39, 0.29) is 18.2 Å². The van der Waals surface area contributed by atoms with E-state index in [2.05, 4.69) is 22.3 Å². The Hall–Kier alpha value is -3.23. The minimum absolute atomic E-state index is 0.188. The number of nitrogens with one attached hydrogen (secondary N) is 1. The lowest BCUT2D eigenvalue weighted by Gasteiger charge is -2.41. The number of carbonyl (C=O) groups excluding carboxylic acids is 2. The first kappa shape index (κ1) is 18.8. The summed E-state index contributed by atoms with van der Waals surface area (Å²) >= 11 is 0. The summed E-state index contributed by atoms with van der Waals surface area (Å²) in [6.07, 6.45) is -0.673. The second kappa shape index (κ2) is 7.23. The molecule has 0 aliphatic carbocycles. The Morgan fingerprint density at radius 1 is 1.00 bits per heavy atom. The molecular weight excluding hydrogens is 380 g/mol. The van der Waals surface area contributed by atoms with Crippen molar-refractivity contribution < 1.29 is 9.59 Å². The molecule has 30 heavy (non-hydrogen) atoms. The normalized spacial score (nSPS) is 26.5. The van der Waals surface area contributed by atoms with Gasteiger partial charge in [-0.3, -0.25) is 20.0 Å². The molecule has 0 bridgehead atoms. The molecule has 0 radical (unpaired) electrons. The average molecular weight is 404 g/mol. The predicted octanol–water partition coefficient (Wildman–Crippen LogP) is 1.31. The van der Waals surface area contributed by atoms with Crippen molar-refractivity contribution in [2.45, 2.75) is 25.0 Å². The summed E-state index contributed by atoms with van der Waals surface area (Å²) in [5, 5.41) is 10.4. The van der Waals surface area contributed by atoms with Gasteiger partial charge in [0.05, 0.1) is 12.3 Å². The number of rotatable bonds is 3. The molecule has 2 aromatic rings. The van der Waals surface area contributed by atoms with Crippen molar-refractivity contribution >= 4 is 17.6 Å². The molecule has 8 heteroatoms. The molecule has 2 saturated heterocycles. The van der Waals surface area contributed by atoms with Crippen LogP contribution in [0.15, 0.2) is 65.8 Å². The number of hydrogen-bond donors (Lipinski definition) is 1. The largest absolute Gasteiger partial charge is 0.327 e. The molecule has 0 saturated carbocycles. The van der Waals surface area contributed by atoms with Gasteiger partial charge in [0, 0.05) is 20.6 Å². The number of imide groups is 1. The summed E-state index contributed by atoms with van der Waals surface area (Å²) in [5.41, 5.74) is 3.05. The summed E-state index contributed by atoms with van der Waals surface area (Å²) in [4.78, 5) is 30.5. The molecule has 3 atom stereocenters. The maximum absolute atomic E-state index is 13.1. The molecule has 154 valence electrons. The van der Waals surface area contributed by atoms with Crippen LogP contribution >= 0.6 is 0 Å². The monoisotopic (exact) mass is 404 g/mol. The third kappa shape index (κ3) is 2.96. The third-order valence-electron chi connectivity index (χ3n) is 6.04. The number of nitrogens with zero attached hydrogens (tertiary/aromatic N) is 5. The van der Waals surface area contributed by atoms with Crippen molar-refractivity contribution in [1.29, 1.82) is 0 Å². The van der Waals surface area contributed by atoms with Gasteiger partial charge in [0.15, 0.2) is 6.29 Å². The molecule has 1 N–H and O–H groups in total. The Labute approximate surface area is 175 Å². The Bertz CT molecular complexity index is 995. The highest BCUT2D eigenvalue weighted by Crippen LogP contribution is 2.31. The van der Waals surface area contributed by atoms with Gasteiger partial charge in [-0.15, -0.1) is 0 Å². The van der Waals surface area contributed by atoms with Crippen LogP contribution in [0.4, 0.5) is 4.79 Å². The van der Waals surface area contributed by atoms with Gasteiger partial charge < -0.3 is 4.90 Å². The van der Waals surface area contributed by atoms with Crippen LogP contribution in [0, 0.1) is 0 Å². The van der Waals surface area contributed by atoms with Gasteiger partial charge >= 0.3 is 6.03 Å². The number of benzene rings is 2. The zero-order valence-corrected chi connectivity index (χ0v) is 17.0. The standard InChI is InChI=1S/C22H24N6O2/c1-25-19-18(20(29)26(2)22(25)30)27-14-17(16-11-7-4-8-12-16)24-28(21(27)23-19)13-15-9-5-3-6-10-15/h3-12,18-19,21,23H,13-14H2,1-2H3. The SMILES string of the molecule is CN1C(=O)C2C(NC3N(Cc4ccccc4)N=C(c4ccccc4)CN23)N(C)C1=O.